The van der Waals surface area contributed by atoms with Crippen molar-refractivity contribution in [1.82, 2.24) is 30.4 Å². The Morgan fingerprint density at radius 3 is 2.73 bits per heavy atom. The highest BCUT2D eigenvalue weighted by atomic mass is 16.2. The first kappa shape index (κ1) is 18.3. The van der Waals surface area contributed by atoms with Crippen LogP contribution in [0.2, 0.25) is 0 Å². The van der Waals surface area contributed by atoms with Gasteiger partial charge in [0.25, 0.3) is 5.91 Å². The van der Waals surface area contributed by atoms with E-state index in [9.17, 15) is 4.79 Å². The molecule has 1 amide bonds. The topological polar surface area (TPSA) is 90.0 Å². The normalized spacial score (nSPS) is 17.2. The molecule has 0 radical (unpaired) electrons. The molecule has 1 aliphatic heterocycles. The van der Waals surface area contributed by atoms with Gasteiger partial charge >= 0.3 is 0 Å². The van der Waals surface area contributed by atoms with Gasteiger partial charge in [0.05, 0.1) is 18.4 Å². The number of aromatic amines is 1. The summed E-state index contributed by atoms with van der Waals surface area (Å²) in [5, 5.41) is 9.73. The fraction of sp³-hybridized carbons (Fsp3) is 0.556. The average Bonchev–Trinajstić information content (AvgIpc) is 3.24. The van der Waals surface area contributed by atoms with Gasteiger partial charge in [-0.1, -0.05) is 0 Å². The Morgan fingerprint density at radius 1 is 1.35 bits per heavy atom. The van der Waals surface area contributed by atoms with Crippen LogP contribution in [-0.2, 0) is 6.54 Å². The number of hydrogen-bond donors (Lipinski definition) is 2. The molecule has 2 N–H and O–H groups in total. The Bertz CT molecular complexity index is 799. The van der Waals surface area contributed by atoms with Gasteiger partial charge in [-0.05, 0) is 46.9 Å². The smallest absolute Gasteiger partial charge is 0.289 e. The van der Waals surface area contributed by atoms with Crippen LogP contribution in [0.15, 0.2) is 6.20 Å². The molecular weight excluding hydrogens is 330 g/mol. The standard InChI is InChI=1S/C18H27N7O/c1-11-8-20-23-15(11)9-19-18(26)16-21-13(3)12(2)17(22-16)25-7-6-14(10-25)24(4)5/h8,14H,6-7,9-10H2,1-5H3,(H,19,26)(H,20,23)/t14-/m1/s1. The Kier molecular flexibility index (Phi) is 5.22. The molecule has 0 aliphatic carbocycles. The van der Waals surface area contributed by atoms with E-state index < -0.39 is 0 Å². The van der Waals surface area contributed by atoms with Gasteiger partial charge in [-0.25, -0.2) is 9.97 Å². The van der Waals surface area contributed by atoms with E-state index in [4.69, 9.17) is 0 Å². The van der Waals surface area contributed by atoms with Gasteiger partial charge in [0.2, 0.25) is 5.82 Å². The Labute approximate surface area is 154 Å². The SMILES string of the molecule is Cc1cn[nH]c1CNC(=O)c1nc(C)c(C)c(N2CC[C@@H](N(C)C)C2)n1. The predicted molar refractivity (Wildman–Crippen MR) is 100 cm³/mol. The number of hydrogen-bond acceptors (Lipinski definition) is 6. The number of aryl methyl sites for hydroxylation is 2. The van der Waals surface area contributed by atoms with Crippen LogP contribution in [0, 0.1) is 20.8 Å². The summed E-state index contributed by atoms with van der Waals surface area (Å²) >= 11 is 0. The van der Waals surface area contributed by atoms with E-state index in [2.05, 4.69) is 49.4 Å². The highest BCUT2D eigenvalue weighted by Crippen LogP contribution is 2.25. The molecule has 0 spiro atoms. The Morgan fingerprint density at radius 2 is 2.12 bits per heavy atom. The molecule has 0 aromatic carbocycles. The van der Waals surface area contributed by atoms with Crippen LogP contribution in [0.4, 0.5) is 5.82 Å². The van der Waals surface area contributed by atoms with Crippen LogP contribution in [0.3, 0.4) is 0 Å². The number of nitrogens with one attached hydrogen (secondary N) is 2. The number of anilines is 1. The zero-order valence-corrected chi connectivity index (χ0v) is 16.1. The number of H-pyrrole nitrogens is 1. The summed E-state index contributed by atoms with van der Waals surface area (Å²) in [7, 11) is 4.20. The number of rotatable bonds is 5. The van der Waals surface area contributed by atoms with Crippen LogP contribution >= 0.6 is 0 Å². The van der Waals surface area contributed by atoms with Gasteiger partial charge in [-0.2, -0.15) is 5.10 Å². The number of carbonyl (C=O) groups is 1. The maximum atomic E-state index is 12.6. The maximum absolute atomic E-state index is 12.6. The monoisotopic (exact) mass is 357 g/mol. The van der Waals surface area contributed by atoms with E-state index in [1.165, 1.54) is 0 Å². The third-order valence-electron chi connectivity index (χ3n) is 5.12. The van der Waals surface area contributed by atoms with Crippen LogP contribution in [0.25, 0.3) is 0 Å². The molecular formula is C18H27N7O. The first-order chi connectivity index (χ1) is 12.4. The lowest BCUT2D eigenvalue weighted by molar-refractivity contribution is 0.0939. The van der Waals surface area contributed by atoms with Crippen molar-refractivity contribution in [3.63, 3.8) is 0 Å². The van der Waals surface area contributed by atoms with Crippen molar-refractivity contribution in [2.24, 2.45) is 0 Å². The van der Waals surface area contributed by atoms with E-state index in [1.807, 2.05) is 20.8 Å². The van der Waals surface area contributed by atoms with E-state index in [0.717, 1.165) is 47.8 Å². The average molecular weight is 357 g/mol. The highest BCUT2D eigenvalue weighted by molar-refractivity contribution is 5.91. The van der Waals surface area contributed by atoms with Crippen molar-refractivity contribution in [1.29, 1.82) is 0 Å². The van der Waals surface area contributed by atoms with Gasteiger partial charge in [0, 0.05) is 30.4 Å². The number of aromatic nitrogens is 4. The van der Waals surface area contributed by atoms with E-state index in [-0.39, 0.29) is 11.7 Å². The van der Waals surface area contributed by atoms with Crippen LogP contribution in [0.5, 0.6) is 0 Å². The second-order valence-corrected chi connectivity index (χ2v) is 7.15. The summed E-state index contributed by atoms with van der Waals surface area (Å²) in [4.78, 5) is 26.0. The maximum Gasteiger partial charge on any atom is 0.289 e. The molecule has 1 fully saturated rings. The lowest BCUT2D eigenvalue weighted by Crippen LogP contribution is -2.33. The summed E-state index contributed by atoms with van der Waals surface area (Å²) in [6.07, 6.45) is 2.83. The van der Waals surface area contributed by atoms with E-state index in [1.54, 1.807) is 6.20 Å². The van der Waals surface area contributed by atoms with Crippen molar-refractivity contribution < 1.29 is 4.79 Å². The van der Waals surface area contributed by atoms with Gasteiger partial charge < -0.3 is 15.1 Å². The molecule has 26 heavy (non-hydrogen) atoms. The van der Waals surface area contributed by atoms with Crippen molar-refractivity contribution in [2.45, 2.75) is 39.8 Å². The lowest BCUT2D eigenvalue weighted by atomic mass is 10.2. The first-order valence-corrected chi connectivity index (χ1v) is 8.90. The lowest BCUT2D eigenvalue weighted by Gasteiger charge is -2.23. The molecule has 0 saturated carbocycles. The van der Waals surface area contributed by atoms with Crippen LogP contribution < -0.4 is 10.2 Å². The highest BCUT2D eigenvalue weighted by Gasteiger charge is 2.27. The largest absolute Gasteiger partial charge is 0.355 e. The molecule has 0 unspecified atom stereocenters. The number of likely N-dealkylation sites (N-methyl/N-ethyl adjacent to an activating group) is 1. The molecule has 8 heteroatoms. The second-order valence-electron chi connectivity index (χ2n) is 7.15. The minimum Gasteiger partial charge on any atom is -0.355 e. The molecule has 8 nitrogen and oxygen atoms in total. The minimum absolute atomic E-state index is 0.216. The van der Waals surface area contributed by atoms with Gasteiger partial charge in [-0.15, -0.1) is 0 Å². The molecule has 3 rings (SSSR count). The second kappa shape index (κ2) is 7.41. The van der Waals surface area contributed by atoms with E-state index >= 15 is 0 Å². The molecule has 1 saturated heterocycles. The summed E-state index contributed by atoms with van der Waals surface area (Å²) < 4.78 is 0. The molecule has 140 valence electrons. The Balaban J connectivity index is 1.77. The third-order valence-corrected chi connectivity index (χ3v) is 5.12. The quantitative estimate of drug-likeness (QED) is 0.836. The number of amides is 1. The number of nitrogens with zero attached hydrogens (tertiary/aromatic N) is 5. The summed E-state index contributed by atoms with van der Waals surface area (Å²) in [5.41, 5.74) is 3.77. The van der Waals surface area contributed by atoms with E-state index in [0.29, 0.717) is 12.6 Å². The van der Waals surface area contributed by atoms with Gasteiger partial charge in [0.15, 0.2) is 0 Å². The predicted octanol–water partition coefficient (Wildman–Crippen LogP) is 1.20. The van der Waals surface area contributed by atoms with Crippen LogP contribution in [0.1, 0.15) is 39.6 Å². The van der Waals surface area contributed by atoms with Crippen molar-refractivity contribution >= 4 is 11.7 Å². The molecule has 2 aromatic heterocycles. The summed E-state index contributed by atoms with van der Waals surface area (Å²) in [6.45, 7) is 8.12. The zero-order chi connectivity index (χ0) is 18.8. The zero-order valence-electron chi connectivity index (χ0n) is 16.1. The molecule has 3 heterocycles. The van der Waals surface area contributed by atoms with Crippen LogP contribution in [-0.4, -0.2) is 64.2 Å². The van der Waals surface area contributed by atoms with Crippen molar-refractivity contribution in [3.05, 3.63) is 34.5 Å². The molecule has 1 atom stereocenters. The number of carbonyl (C=O) groups excluding carboxylic acids is 1. The molecule has 0 bridgehead atoms. The van der Waals surface area contributed by atoms with Gasteiger partial charge in [-0.3, -0.25) is 9.89 Å². The molecule has 2 aromatic rings. The minimum atomic E-state index is -0.272. The first-order valence-electron chi connectivity index (χ1n) is 8.90. The summed E-state index contributed by atoms with van der Waals surface area (Å²) in [6, 6.07) is 0.505. The summed E-state index contributed by atoms with van der Waals surface area (Å²) in [5.74, 6) is 0.810. The third kappa shape index (κ3) is 3.70. The van der Waals surface area contributed by atoms with Crippen molar-refractivity contribution in [3.8, 4) is 0 Å². The fourth-order valence-electron chi connectivity index (χ4n) is 3.18. The fourth-order valence-corrected chi connectivity index (χ4v) is 3.18. The van der Waals surface area contributed by atoms with Crippen molar-refractivity contribution in [2.75, 3.05) is 32.1 Å². The molecule has 1 aliphatic rings. The van der Waals surface area contributed by atoms with Gasteiger partial charge in [0.1, 0.15) is 5.82 Å². The Hall–Kier alpha value is -2.48.